The molecular weight excluding hydrogens is 406 g/mol. The van der Waals surface area contributed by atoms with E-state index in [1.807, 2.05) is 12.1 Å². The Kier molecular flexibility index (Phi) is 5.31. The predicted octanol–water partition coefficient (Wildman–Crippen LogP) is 2.67. The zero-order chi connectivity index (χ0) is 23.0. The molecule has 4 heterocycles. The van der Waals surface area contributed by atoms with Crippen molar-refractivity contribution < 1.29 is 9.59 Å². The molecule has 0 aliphatic rings. The maximum Gasteiger partial charge on any atom is 0.269 e. The first-order valence-corrected chi connectivity index (χ1v) is 9.89. The van der Waals surface area contributed by atoms with Gasteiger partial charge in [-0.2, -0.15) is 0 Å². The Labute approximate surface area is 184 Å². The van der Waals surface area contributed by atoms with Crippen LogP contribution in [0.15, 0.2) is 48.9 Å². The number of aromatic amines is 1. The van der Waals surface area contributed by atoms with Gasteiger partial charge in [0, 0.05) is 63.3 Å². The number of H-pyrrole nitrogens is 1. The monoisotopic (exact) mass is 429 g/mol. The van der Waals surface area contributed by atoms with Crippen LogP contribution >= 0.6 is 0 Å². The molecule has 0 bridgehead atoms. The van der Waals surface area contributed by atoms with Crippen LogP contribution in [0, 0.1) is 0 Å². The lowest BCUT2D eigenvalue weighted by Gasteiger charge is -2.11. The van der Waals surface area contributed by atoms with E-state index in [4.69, 9.17) is 5.73 Å². The summed E-state index contributed by atoms with van der Waals surface area (Å²) in [4.78, 5) is 43.7. The Morgan fingerprint density at radius 2 is 1.62 bits per heavy atom. The third kappa shape index (κ3) is 3.76. The van der Waals surface area contributed by atoms with Gasteiger partial charge in [0.2, 0.25) is 0 Å². The third-order valence-corrected chi connectivity index (χ3v) is 5.09. The summed E-state index contributed by atoms with van der Waals surface area (Å²) in [5.74, 6) is 0.0658. The molecule has 2 amide bonds. The van der Waals surface area contributed by atoms with E-state index in [0.717, 1.165) is 16.5 Å². The normalized spacial score (nSPS) is 10.9. The van der Waals surface area contributed by atoms with Crippen molar-refractivity contribution in [3.8, 4) is 22.4 Å². The molecule has 0 spiro atoms. The van der Waals surface area contributed by atoms with Gasteiger partial charge < -0.3 is 20.5 Å². The van der Waals surface area contributed by atoms with Crippen molar-refractivity contribution in [1.29, 1.82) is 0 Å². The SMILES string of the molecule is CN(C)C(=O)c1ccc(-c2cc(-c3ccnc4[nH]c(C(=O)N(C)C)cc34)cnc2N)nc1. The van der Waals surface area contributed by atoms with Gasteiger partial charge in [0.1, 0.15) is 17.2 Å². The molecule has 32 heavy (non-hydrogen) atoms. The van der Waals surface area contributed by atoms with Crippen LogP contribution in [-0.4, -0.2) is 69.7 Å². The molecule has 4 aromatic rings. The van der Waals surface area contributed by atoms with Gasteiger partial charge in [-0.15, -0.1) is 0 Å². The zero-order valence-corrected chi connectivity index (χ0v) is 18.2. The van der Waals surface area contributed by atoms with Crippen molar-refractivity contribution in [2.45, 2.75) is 0 Å². The third-order valence-electron chi connectivity index (χ3n) is 5.09. The molecule has 0 aromatic carbocycles. The van der Waals surface area contributed by atoms with Crippen LogP contribution in [-0.2, 0) is 0 Å². The highest BCUT2D eigenvalue weighted by Crippen LogP contribution is 2.32. The lowest BCUT2D eigenvalue weighted by atomic mass is 10.0. The highest BCUT2D eigenvalue weighted by Gasteiger charge is 2.16. The molecule has 9 nitrogen and oxygen atoms in total. The summed E-state index contributed by atoms with van der Waals surface area (Å²) in [6.07, 6.45) is 4.88. The Morgan fingerprint density at radius 3 is 2.28 bits per heavy atom. The number of nitrogens with one attached hydrogen (secondary N) is 1. The first-order chi connectivity index (χ1) is 15.3. The summed E-state index contributed by atoms with van der Waals surface area (Å²) in [6, 6.07) is 9.01. The number of amides is 2. The second-order valence-electron chi connectivity index (χ2n) is 7.79. The van der Waals surface area contributed by atoms with Gasteiger partial charge in [-0.3, -0.25) is 14.6 Å². The Morgan fingerprint density at radius 1 is 0.875 bits per heavy atom. The fraction of sp³-hybridized carbons (Fsp3) is 0.174. The van der Waals surface area contributed by atoms with Crippen molar-refractivity contribution in [2.24, 2.45) is 0 Å². The van der Waals surface area contributed by atoms with E-state index < -0.39 is 0 Å². The number of fused-ring (bicyclic) bond motifs is 1. The summed E-state index contributed by atoms with van der Waals surface area (Å²) in [7, 11) is 6.77. The molecular formula is C23H23N7O2. The Bertz CT molecular complexity index is 1320. The molecule has 0 aliphatic carbocycles. The number of hydrogen-bond acceptors (Lipinski definition) is 6. The highest BCUT2D eigenvalue weighted by molar-refractivity contribution is 6.02. The molecule has 0 saturated carbocycles. The number of hydrogen-bond donors (Lipinski definition) is 2. The van der Waals surface area contributed by atoms with Gasteiger partial charge in [0.15, 0.2) is 0 Å². The number of anilines is 1. The van der Waals surface area contributed by atoms with Crippen molar-refractivity contribution in [1.82, 2.24) is 29.7 Å². The number of carbonyl (C=O) groups excluding carboxylic acids is 2. The number of carbonyl (C=O) groups is 2. The molecule has 3 N–H and O–H groups in total. The van der Waals surface area contributed by atoms with Gasteiger partial charge >= 0.3 is 0 Å². The van der Waals surface area contributed by atoms with Crippen LogP contribution in [0.25, 0.3) is 33.4 Å². The van der Waals surface area contributed by atoms with Crippen molar-refractivity contribution in [3.63, 3.8) is 0 Å². The van der Waals surface area contributed by atoms with E-state index in [-0.39, 0.29) is 11.8 Å². The summed E-state index contributed by atoms with van der Waals surface area (Å²) in [5.41, 5.74) is 10.6. The number of nitrogen functional groups attached to an aromatic ring is 1. The van der Waals surface area contributed by atoms with Crippen molar-refractivity contribution in [2.75, 3.05) is 33.9 Å². The van der Waals surface area contributed by atoms with E-state index in [1.54, 1.807) is 58.8 Å². The van der Waals surface area contributed by atoms with Gasteiger partial charge in [-0.25, -0.2) is 9.97 Å². The van der Waals surface area contributed by atoms with E-state index in [0.29, 0.717) is 34.0 Å². The van der Waals surface area contributed by atoms with Crippen LogP contribution in [0.2, 0.25) is 0 Å². The van der Waals surface area contributed by atoms with E-state index in [9.17, 15) is 9.59 Å². The second-order valence-corrected chi connectivity index (χ2v) is 7.79. The standard InChI is InChI=1S/C23H23N7O2/c1-29(2)22(31)13-5-6-18(26-11-13)17-9-14(12-27-20(17)24)15-7-8-25-21-16(15)10-19(28-21)23(32)30(3)4/h5-12H,1-4H3,(H2,24,27)(H,25,28). The van der Waals surface area contributed by atoms with Gasteiger partial charge in [0.25, 0.3) is 11.8 Å². The number of pyridine rings is 3. The van der Waals surface area contributed by atoms with Gasteiger partial charge in [0.05, 0.1) is 11.3 Å². The predicted molar refractivity (Wildman–Crippen MR) is 123 cm³/mol. The smallest absolute Gasteiger partial charge is 0.269 e. The molecule has 9 heteroatoms. The molecule has 0 atom stereocenters. The first-order valence-electron chi connectivity index (χ1n) is 9.89. The molecule has 0 saturated heterocycles. The minimum atomic E-state index is -0.137. The lowest BCUT2D eigenvalue weighted by molar-refractivity contribution is 0.0817. The van der Waals surface area contributed by atoms with Crippen LogP contribution in [0.1, 0.15) is 20.8 Å². The van der Waals surface area contributed by atoms with E-state index in [1.165, 1.54) is 16.0 Å². The van der Waals surface area contributed by atoms with E-state index in [2.05, 4.69) is 19.9 Å². The summed E-state index contributed by atoms with van der Waals surface area (Å²) < 4.78 is 0. The fourth-order valence-corrected chi connectivity index (χ4v) is 3.40. The van der Waals surface area contributed by atoms with Crippen LogP contribution in [0.5, 0.6) is 0 Å². The Hall–Kier alpha value is -4.27. The van der Waals surface area contributed by atoms with Crippen LogP contribution in [0.4, 0.5) is 5.82 Å². The minimum absolute atomic E-state index is 0.126. The quantitative estimate of drug-likeness (QED) is 0.514. The summed E-state index contributed by atoms with van der Waals surface area (Å²) >= 11 is 0. The number of aromatic nitrogens is 4. The van der Waals surface area contributed by atoms with Gasteiger partial charge in [-0.1, -0.05) is 0 Å². The summed E-state index contributed by atoms with van der Waals surface area (Å²) in [6.45, 7) is 0. The van der Waals surface area contributed by atoms with Gasteiger partial charge in [-0.05, 0) is 35.9 Å². The zero-order valence-electron chi connectivity index (χ0n) is 18.2. The highest BCUT2D eigenvalue weighted by atomic mass is 16.2. The molecule has 0 fully saturated rings. The largest absolute Gasteiger partial charge is 0.383 e. The average molecular weight is 429 g/mol. The van der Waals surface area contributed by atoms with Crippen LogP contribution < -0.4 is 5.73 Å². The summed E-state index contributed by atoms with van der Waals surface area (Å²) in [5, 5.41) is 0.801. The molecule has 4 aromatic heterocycles. The second kappa shape index (κ2) is 8.10. The molecule has 0 unspecified atom stereocenters. The number of rotatable bonds is 4. The van der Waals surface area contributed by atoms with Crippen molar-refractivity contribution >= 4 is 28.7 Å². The van der Waals surface area contributed by atoms with E-state index >= 15 is 0 Å². The fourth-order valence-electron chi connectivity index (χ4n) is 3.40. The molecule has 162 valence electrons. The Balaban J connectivity index is 1.77. The topological polar surface area (TPSA) is 121 Å². The molecule has 4 rings (SSSR count). The number of nitrogens with zero attached hydrogens (tertiary/aromatic N) is 5. The van der Waals surface area contributed by atoms with Crippen molar-refractivity contribution in [3.05, 3.63) is 60.2 Å². The maximum absolute atomic E-state index is 12.4. The number of nitrogens with two attached hydrogens (primary N) is 1. The first kappa shape index (κ1) is 21.0. The average Bonchev–Trinajstić information content (AvgIpc) is 3.23. The van der Waals surface area contributed by atoms with Crippen LogP contribution in [0.3, 0.4) is 0 Å². The maximum atomic E-state index is 12.4. The molecule has 0 radical (unpaired) electrons. The molecule has 0 aliphatic heterocycles. The lowest BCUT2D eigenvalue weighted by Crippen LogP contribution is -2.21. The minimum Gasteiger partial charge on any atom is -0.383 e.